The van der Waals surface area contributed by atoms with Crippen molar-refractivity contribution in [3.05, 3.63) is 0 Å². The monoisotopic (exact) mass is 243 g/mol. The summed E-state index contributed by atoms with van der Waals surface area (Å²) in [5, 5.41) is 10.2. The largest absolute Gasteiger partial charge is 0.371 e. The van der Waals surface area contributed by atoms with Crippen LogP contribution < -0.4 is 0 Å². The molecule has 3 heteroatoms. The van der Waals surface area contributed by atoms with E-state index in [4.69, 9.17) is 12.2 Å². The number of hydrogen-bond acceptors (Lipinski definition) is 2. The van der Waals surface area contributed by atoms with Crippen molar-refractivity contribution in [2.24, 2.45) is 11.3 Å². The second-order valence-electron chi connectivity index (χ2n) is 6.40. The maximum Gasteiger partial charge on any atom is 0.132 e. The maximum atomic E-state index is 10.2. The van der Waals surface area contributed by atoms with Gasteiger partial charge in [0.25, 0.3) is 0 Å². The number of aliphatic hydroxyl groups is 1. The molecule has 0 aromatic heterocycles. The van der Waals surface area contributed by atoms with Crippen LogP contribution in [-0.2, 0) is 0 Å². The average molecular weight is 243 g/mol. The van der Waals surface area contributed by atoms with Crippen molar-refractivity contribution in [1.82, 2.24) is 4.90 Å². The van der Waals surface area contributed by atoms with Gasteiger partial charge in [0.15, 0.2) is 0 Å². The SMILES string of the molecule is CC(C)(C)C1CCCCN(C(C)(C)O)C1=S. The van der Waals surface area contributed by atoms with E-state index >= 15 is 0 Å². The van der Waals surface area contributed by atoms with Crippen LogP contribution in [0.5, 0.6) is 0 Å². The van der Waals surface area contributed by atoms with Gasteiger partial charge in [-0.05, 0) is 32.1 Å². The minimum absolute atomic E-state index is 0.185. The van der Waals surface area contributed by atoms with Crippen LogP contribution in [0.15, 0.2) is 0 Å². The molecular formula is C13H25NOS. The molecule has 1 fully saturated rings. The molecule has 2 nitrogen and oxygen atoms in total. The number of likely N-dealkylation sites (tertiary alicyclic amines) is 1. The molecule has 0 aromatic rings. The van der Waals surface area contributed by atoms with E-state index < -0.39 is 5.72 Å². The van der Waals surface area contributed by atoms with E-state index in [2.05, 4.69) is 20.8 Å². The van der Waals surface area contributed by atoms with Gasteiger partial charge in [0.05, 0.1) is 4.99 Å². The Labute approximate surface area is 105 Å². The highest BCUT2D eigenvalue weighted by Gasteiger charge is 2.36. The van der Waals surface area contributed by atoms with Crippen molar-refractivity contribution < 1.29 is 5.11 Å². The van der Waals surface area contributed by atoms with Crippen LogP contribution in [0.1, 0.15) is 53.9 Å². The van der Waals surface area contributed by atoms with Crippen molar-refractivity contribution in [3.63, 3.8) is 0 Å². The van der Waals surface area contributed by atoms with Crippen LogP contribution in [0.2, 0.25) is 0 Å². The van der Waals surface area contributed by atoms with Crippen LogP contribution in [0.4, 0.5) is 0 Å². The van der Waals surface area contributed by atoms with E-state index in [-0.39, 0.29) is 5.41 Å². The number of nitrogens with zero attached hydrogens (tertiary/aromatic N) is 1. The molecule has 1 heterocycles. The third kappa shape index (κ3) is 3.17. The van der Waals surface area contributed by atoms with Gasteiger partial charge in [0.2, 0.25) is 0 Å². The van der Waals surface area contributed by atoms with Crippen LogP contribution >= 0.6 is 12.2 Å². The van der Waals surface area contributed by atoms with Gasteiger partial charge >= 0.3 is 0 Å². The van der Waals surface area contributed by atoms with Gasteiger partial charge in [-0.25, -0.2) is 0 Å². The fourth-order valence-electron chi connectivity index (χ4n) is 2.39. The molecule has 0 spiro atoms. The first kappa shape index (κ1) is 13.9. The zero-order valence-corrected chi connectivity index (χ0v) is 12.0. The molecule has 16 heavy (non-hydrogen) atoms. The Morgan fingerprint density at radius 2 is 1.75 bits per heavy atom. The van der Waals surface area contributed by atoms with Crippen LogP contribution in [-0.4, -0.2) is 27.3 Å². The number of hydrogen-bond donors (Lipinski definition) is 1. The molecule has 1 atom stereocenters. The van der Waals surface area contributed by atoms with Gasteiger partial charge in [0.1, 0.15) is 5.72 Å². The minimum atomic E-state index is -0.828. The van der Waals surface area contributed by atoms with Gasteiger partial charge < -0.3 is 10.0 Å². The Hall–Kier alpha value is -0.150. The third-order valence-corrected chi connectivity index (χ3v) is 3.90. The lowest BCUT2D eigenvalue weighted by Crippen LogP contribution is -2.50. The highest BCUT2D eigenvalue weighted by atomic mass is 32.1. The van der Waals surface area contributed by atoms with Gasteiger partial charge in [-0.3, -0.25) is 0 Å². The molecule has 0 radical (unpaired) electrons. The molecule has 0 amide bonds. The minimum Gasteiger partial charge on any atom is -0.371 e. The third-order valence-electron chi connectivity index (χ3n) is 3.39. The Bertz CT molecular complexity index is 236. The van der Waals surface area contributed by atoms with Crippen molar-refractivity contribution in [1.29, 1.82) is 0 Å². The molecular weight excluding hydrogens is 218 g/mol. The molecule has 1 N–H and O–H groups in total. The van der Waals surface area contributed by atoms with Crippen molar-refractivity contribution in [3.8, 4) is 0 Å². The Balaban J connectivity index is 2.94. The Morgan fingerprint density at radius 3 is 2.19 bits per heavy atom. The predicted molar refractivity (Wildman–Crippen MR) is 72.4 cm³/mol. The van der Waals surface area contributed by atoms with Crippen molar-refractivity contribution in [2.75, 3.05) is 6.54 Å². The van der Waals surface area contributed by atoms with Gasteiger partial charge in [-0.2, -0.15) is 0 Å². The van der Waals surface area contributed by atoms with Crippen molar-refractivity contribution >= 4 is 17.2 Å². The lowest BCUT2D eigenvalue weighted by atomic mass is 9.78. The molecule has 1 rings (SSSR count). The quantitative estimate of drug-likeness (QED) is 0.716. The van der Waals surface area contributed by atoms with Crippen LogP contribution in [0.25, 0.3) is 0 Å². The maximum absolute atomic E-state index is 10.2. The predicted octanol–water partition coefficient (Wildman–Crippen LogP) is 3.19. The summed E-state index contributed by atoms with van der Waals surface area (Å²) in [4.78, 5) is 2.95. The van der Waals surface area contributed by atoms with Crippen LogP contribution in [0, 0.1) is 11.3 Å². The highest BCUT2D eigenvalue weighted by molar-refractivity contribution is 7.80. The van der Waals surface area contributed by atoms with E-state index in [0.717, 1.165) is 24.4 Å². The van der Waals surface area contributed by atoms with E-state index in [9.17, 15) is 5.11 Å². The summed E-state index contributed by atoms with van der Waals surface area (Å²) in [7, 11) is 0. The second kappa shape index (κ2) is 4.61. The smallest absolute Gasteiger partial charge is 0.132 e. The first-order valence-corrected chi connectivity index (χ1v) is 6.59. The van der Waals surface area contributed by atoms with E-state index in [1.54, 1.807) is 0 Å². The van der Waals surface area contributed by atoms with Gasteiger partial charge in [0, 0.05) is 12.5 Å². The van der Waals surface area contributed by atoms with E-state index in [1.165, 1.54) is 6.42 Å². The highest BCUT2D eigenvalue weighted by Crippen LogP contribution is 2.36. The molecule has 0 saturated carbocycles. The molecule has 1 aliphatic rings. The molecule has 94 valence electrons. The lowest BCUT2D eigenvalue weighted by molar-refractivity contribution is -0.0366. The number of rotatable bonds is 1. The summed E-state index contributed by atoms with van der Waals surface area (Å²) in [6.07, 6.45) is 3.47. The normalized spacial score (nSPS) is 24.5. The molecule has 1 saturated heterocycles. The fourth-order valence-corrected chi connectivity index (χ4v) is 3.17. The van der Waals surface area contributed by atoms with E-state index in [0.29, 0.717) is 5.92 Å². The summed E-state index contributed by atoms with van der Waals surface area (Å²) < 4.78 is 0. The molecule has 0 aromatic carbocycles. The van der Waals surface area contributed by atoms with E-state index in [1.807, 2.05) is 18.7 Å². The van der Waals surface area contributed by atoms with Gasteiger partial charge in [-0.1, -0.05) is 39.4 Å². The summed E-state index contributed by atoms with van der Waals surface area (Å²) >= 11 is 5.60. The van der Waals surface area contributed by atoms with Gasteiger partial charge in [-0.15, -0.1) is 0 Å². The zero-order valence-electron chi connectivity index (χ0n) is 11.2. The first-order chi connectivity index (χ1) is 7.14. The topological polar surface area (TPSA) is 23.5 Å². The summed E-state index contributed by atoms with van der Waals surface area (Å²) in [6, 6.07) is 0. The Kier molecular flexibility index (Phi) is 4.01. The summed E-state index contributed by atoms with van der Waals surface area (Å²) in [5.74, 6) is 0.399. The second-order valence-corrected chi connectivity index (χ2v) is 6.82. The lowest BCUT2D eigenvalue weighted by Gasteiger charge is -2.40. The zero-order chi connectivity index (χ0) is 12.6. The fraction of sp³-hybridized carbons (Fsp3) is 0.923. The molecule has 1 aliphatic heterocycles. The van der Waals surface area contributed by atoms with Crippen molar-refractivity contribution in [2.45, 2.75) is 59.6 Å². The molecule has 0 aliphatic carbocycles. The first-order valence-electron chi connectivity index (χ1n) is 6.18. The molecule has 1 unspecified atom stereocenters. The van der Waals surface area contributed by atoms with Crippen LogP contribution in [0.3, 0.4) is 0 Å². The summed E-state index contributed by atoms with van der Waals surface area (Å²) in [5.41, 5.74) is -0.643. The standard InChI is InChI=1S/C13H25NOS/c1-12(2,3)10-8-6-7-9-14(11(10)16)13(4,5)15/h10,15H,6-9H2,1-5H3. The Morgan fingerprint density at radius 1 is 1.19 bits per heavy atom. The average Bonchev–Trinajstić information content (AvgIpc) is 2.23. The number of thiocarbonyl (C=S) groups is 1. The molecule has 0 bridgehead atoms. The summed E-state index contributed by atoms with van der Waals surface area (Å²) in [6.45, 7) is 11.2.